The summed E-state index contributed by atoms with van der Waals surface area (Å²) in [6.07, 6.45) is 2.83. The normalized spacial score (nSPS) is 20.4. The van der Waals surface area contributed by atoms with Gasteiger partial charge in [-0.15, -0.1) is 10.2 Å². The van der Waals surface area contributed by atoms with Gasteiger partial charge in [0, 0.05) is 11.6 Å². The average Bonchev–Trinajstić information content (AvgIpc) is 3.09. The van der Waals surface area contributed by atoms with E-state index in [1.807, 2.05) is 38.1 Å². The molecule has 1 saturated heterocycles. The summed E-state index contributed by atoms with van der Waals surface area (Å²) in [6.45, 7) is 5.58. The molecule has 2 atom stereocenters. The van der Waals surface area contributed by atoms with Crippen molar-refractivity contribution in [3.8, 4) is 11.5 Å². The quantitative estimate of drug-likeness (QED) is 0.920. The Bertz CT molecular complexity index is 624. The fourth-order valence-corrected chi connectivity index (χ4v) is 3.15. The van der Waals surface area contributed by atoms with Crippen molar-refractivity contribution in [2.75, 3.05) is 6.54 Å². The van der Waals surface area contributed by atoms with Gasteiger partial charge < -0.3 is 9.52 Å². The summed E-state index contributed by atoms with van der Waals surface area (Å²) in [7, 11) is 0. The fraction of sp³-hybridized carbons (Fsp3) is 0.529. The van der Waals surface area contributed by atoms with Crippen molar-refractivity contribution in [3.05, 3.63) is 35.7 Å². The number of benzene rings is 1. The minimum atomic E-state index is -0.267. The first-order chi connectivity index (χ1) is 10.6. The van der Waals surface area contributed by atoms with Crippen LogP contribution in [0.25, 0.3) is 11.5 Å². The van der Waals surface area contributed by atoms with Crippen molar-refractivity contribution in [1.29, 1.82) is 0 Å². The SMILES string of the molecule is Cc1cccc(-c2nnc(CN3CCCC3CC(C)O)o2)c1. The highest BCUT2D eigenvalue weighted by atomic mass is 16.4. The zero-order valence-corrected chi connectivity index (χ0v) is 13.2. The Morgan fingerprint density at radius 1 is 1.41 bits per heavy atom. The maximum atomic E-state index is 9.60. The van der Waals surface area contributed by atoms with Crippen molar-refractivity contribution in [2.45, 2.75) is 51.8 Å². The molecule has 0 bridgehead atoms. The molecule has 2 unspecified atom stereocenters. The van der Waals surface area contributed by atoms with Gasteiger partial charge in [-0.1, -0.05) is 17.7 Å². The molecule has 0 spiro atoms. The van der Waals surface area contributed by atoms with Crippen molar-refractivity contribution in [2.24, 2.45) is 0 Å². The zero-order chi connectivity index (χ0) is 15.5. The first kappa shape index (κ1) is 15.2. The van der Waals surface area contributed by atoms with E-state index in [0.29, 0.717) is 24.4 Å². The molecule has 1 fully saturated rings. The van der Waals surface area contributed by atoms with Crippen molar-refractivity contribution < 1.29 is 9.52 Å². The molecule has 1 aromatic carbocycles. The molecule has 2 aromatic rings. The zero-order valence-electron chi connectivity index (χ0n) is 13.2. The number of hydrogen-bond acceptors (Lipinski definition) is 5. The molecule has 1 aliphatic heterocycles. The van der Waals surface area contributed by atoms with Gasteiger partial charge in [0.2, 0.25) is 11.8 Å². The lowest BCUT2D eigenvalue weighted by atomic mass is 10.1. The number of aryl methyl sites for hydroxylation is 1. The molecule has 0 amide bonds. The number of nitrogens with zero attached hydrogens (tertiary/aromatic N) is 3. The Balaban J connectivity index is 1.69. The lowest BCUT2D eigenvalue weighted by molar-refractivity contribution is 0.126. The molecule has 1 N–H and O–H groups in total. The van der Waals surface area contributed by atoms with Gasteiger partial charge in [-0.3, -0.25) is 4.90 Å². The van der Waals surface area contributed by atoms with Crippen LogP contribution in [0.5, 0.6) is 0 Å². The summed E-state index contributed by atoms with van der Waals surface area (Å²) in [5.74, 6) is 1.22. The van der Waals surface area contributed by atoms with Crippen molar-refractivity contribution >= 4 is 0 Å². The van der Waals surface area contributed by atoms with Gasteiger partial charge in [0.05, 0.1) is 12.6 Å². The van der Waals surface area contributed by atoms with E-state index in [1.165, 1.54) is 5.56 Å². The minimum absolute atomic E-state index is 0.267. The summed E-state index contributed by atoms with van der Waals surface area (Å²) < 4.78 is 5.81. The van der Waals surface area contributed by atoms with Gasteiger partial charge in [0.25, 0.3) is 0 Å². The van der Waals surface area contributed by atoms with Crippen molar-refractivity contribution in [1.82, 2.24) is 15.1 Å². The van der Waals surface area contributed by atoms with Crippen molar-refractivity contribution in [3.63, 3.8) is 0 Å². The van der Waals surface area contributed by atoms with Gasteiger partial charge in [-0.25, -0.2) is 0 Å². The lowest BCUT2D eigenvalue weighted by Crippen LogP contribution is -2.31. The van der Waals surface area contributed by atoms with E-state index in [1.54, 1.807) is 0 Å². The van der Waals surface area contributed by atoms with Gasteiger partial charge in [0.15, 0.2) is 0 Å². The Morgan fingerprint density at radius 3 is 3.05 bits per heavy atom. The molecule has 5 nitrogen and oxygen atoms in total. The van der Waals surface area contributed by atoms with Crippen LogP contribution in [0.1, 0.15) is 37.6 Å². The van der Waals surface area contributed by atoms with Crippen LogP contribution in [-0.4, -0.2) is 38.9 Å². The van der Waals surface area contributed by atoms with Crippen LogP contribution in [0, 0.1) is 6.92 Å². The molecule has 0 radical (unpaired) electrons. The highest BCUT2D eigenvalue weighted by Gasteiger charge is 2.27. The predicted molar refractivity (Wildman–Crippen MR) is 84.2 cm³/mol. The number of aliphatic hydroxyl groups is 1. The second kappa shape index (κ2) is 6.58. The van der Waals surface area contributed by atoms with Crippen LogP contribution in [0.3, 0.4) is 0 Å². The third-order valence-corrected chi connectivity index (χ3v) is 4.18. The maximum Gasteiger partial charge on any atom is 0.247 e. The van der Waals surface area contributed by atoms with E-state index >= 15 is 0 Å². The number of hydrogen-bond donors (Lipinski definition) is 1. The maximum absolute atomic E-state index is 9.60. The summed E-state index contributed by atoms with van der Waals surface area (Å²) >= 11 is 0. The minimum Gasteiger partial charge on any atom is -0.419 e. The molecule has 0 aliphatic carbocycles. The van der Waals surface area contributed by atoms with Crippen LogP contribution in [-0.2, 0) is 6.54 Å². The van der Waals surface area contributed by atoms with E-state index in [4.69, 9.17) is 4.42 Å². The molecule has 1 aromatic heterocycles. The molecular formula is C17H23N3O2. The summed E-state index contributed by atoms with van der Waals surface area (Å²) in [6, 6.07) is 8.48. The van der Waals surface area contributed by atoms with Gasteiger partial charge in [0.1, 0.15) is 0 Å². The molecule has 0 saturated carbocycles. The summed E-state index contributed by atoms with van der Waals surface area (Å²) in [5.41, 5.74) is 2.13. The molecule has 3 rings (SSSR count). The average molecular weight is 301 g/mol. The van der Waals surface area contributed by atoms with E-state index < -0.39 is 0 Å². The van der Waals surface area contributed by atoms with Crippen LogP contribution in [0.4, 0.5) is 0 Å². The lowest BCUT2D eigenvalue weighted by Gasteiger charge is -2.23. The molecule has 1 aliphatic rings. The topological polar surface area (TPSA) is 62.4 Å². The van der Waals surface area contributed by atoms with E-state index in [2.05, 4.69) is 15.1 Å². The van der Waals surface area contributed by atoms with Crippen LogP contribution < -0.4 is 0 Å². The smallest absolute Gasteiger partial charge is 0.247 e. The number of aliphatic hydroxyl groups excluding tert-OH is 1. The molecule has 22 heavy (non-hydrogen) atoms. The molecule has 5 heteroatoms. The van der Waals surface area contributed by atoms with Crippen LogP contribution in [0.2, 0.25) is 0 Å². The third kappa shape index (κ3) is 3.54. The Morgan fingerprint density at radius 2 is 2.27 bits per heavy atom. The third-order valence-electron chi connectivity index (χ3n) is 4.18. The van der Waals surface area contributed by atoms with Gasteiger partial charge in [-0.05, 0) is 51.8 Å². The Hall–Kier alpha value is -1.72. The summed E-state index contributed by atoms with van der Waals surface area (Å²) in [4.78, 5) is 2.33. The second-order valence-corrected chi connectivity index (χ2v) is 6.22. The molecule has 118 valence electrons. The standard InChI is InChI=1S/C17H23N3O2/c1-12-5-3-6-14(9-12)17-19-18-16(22-17)11-20-8-4-7-15(20)10-13(2)21/h3,5-6,9,13,15,21H,4,7-8,10-11H2,1-2H3. The second-order valence-electron chi connectivity index (χ2n) is 6.22. The Labute approximate surface area is 131 Å². The monoisotopic (exact) mass is 301 g/mol. The summed E-state index contributed by atoms with van der Waals surface area (Å²) in [5, 5.41) is 17.9. The van der Waals surface area contributed by atoms with E-state index in [0.717, 1.165) is 31.4 Å². The Kier molecular flexibility index (Phi) is 4.55. The predicted octanol–water partition coefficient (Wildman–Crippen LogP) is 2.78. The first-order valence-corrected chi connectivity index (χ1v) is 7.93. The highest BCUT2D eigenvalue weighted by molar-refractivity contribution is 5.53. The van der Waals surface area contributed by atoms with E-state index in [9.17, 15) is 5.11 Å². The van der Waals surface area contributed by atoms with Crippen LogP contribution in [0.15, 0.2) is 28.7 Å². The number of likely N-dealkylation sites (tertiary alicyclic amines) is 1. The van der Waals surface area contributed by atoms with Gasteiger partial charge in [-0.2, -0.15) is 0 Å². The molecular weight excluding hydrogens is 278 g/mol. The largest absolute Gasteiger partial charge is 0.419 e. The fourth-order valence-electron chi connectivity index (χ4n) is 3.15. The highest BCUT2D eigenvalue weighted by Crippen LogP contribution is 2.25. The molecule has 2 heterocycles. The van der Waals surface area contributed by atoms with Crippen LogP contribution >= 0.6 is 0 Å². The van der Waals surface area contributed by atoms with E-state index in [-0.39, 0.29) is 6.10 Å². The van der Waals surface area contributed by atoms with Gasteiger partial charge >= 0.3 is 0 Å². The number of rotatable bonds is 5. The number of aromatic nitrogens is 2. The first-order valence-electron chi connectivity index (χ1n) is 7.93.